The molecule has 0 aromatic carbocycles. The number of fused-ring (bicyclic) bond motifs is 2. The SMILES string of the molecule is C[C@@H]1[C@@H]2[C@@H](C)OC(=O)[C@@H]2C=C2[C@H]1CCC[C@@H]2F. The van der Waals surface area contributed by atoms with E-state index in [4.69, 9.17) is 4.74 Å². The quantitative estimate of drug-likeness (QED) is 0.479. The second kappa shape index (κ2) is 3.82. The Bertz CT molecular complexity index is 376. The number of rotatable bonds is 0. The van der Waals surface area contributed by atoms with Crippen LogP contribution in [0.1, 0.15) is 33.1 Å². The van der Waals surface area contributed by atoms with Gasteiger partial charge in [0.2, 0.25) is 0 Å². The van der Waals surface area contributed by atoms with Crippen LogP contribution in [0.2, 0.25) is 0 Å². The Kier molecular flexibility index (Phi) is 2.53. The van der Waals surface area contributed by atoms with Crippen molar-refractivity contribution in [3.8, 4) is 0 Å². The smallest absolute Gasteiger partial charge is 0.313 e. The van der Waals surface area contributed by atoms with Gasteiger partial charge in [0, 0.05) is 5.92 Å². The number of cyclic esters (lactones) is 1. The van der Waals surface area contributed by atoms with Crippen molar-refractivity contribution in [1.29, 1.82) is 0 Å². The van der Waals surface area contributed by atoms with Crippen molar-refractivity contribution in [2.24, 2.45) is 23.7 Å². The standard InChI is InChI=1S/C14H19FO2/c1-7-9-4-3-5-12(15)10(9)6-11-13(7)8(2)17-14(11)16/h6-9,11-13H,3-5H2,1-2H3/t7-,8+,9-,11+,12-,13+/m0/s1. The van der Waals surface area contributed by atoms with Gasteiger partial charge in [-0.2, -0.15) is 0 Å². The molecule has 3 rings (SSSR count). The number of ether oxygens (including phenoxy) is 1. The molecule has 2 nitrogen and oxygen atoms in total. The molecule has 17 heavy (non-hydrogen) atoms. The van der Waals surface area contributed by atoms with Crippen molar-refractivity contribution in [3.63, 3.8) is 0 Å². The first kappa shape index (κ1) is 11.2. The fourth-order valence-electron chi connectivity index (χ4n) is 4.08. The summed E-state index contributed by atoms with van der Waals surface area (Å²) in [4.78, 5) is 11.8. The maximum Gasteiger partial charge on any atom is 0.313 e. The van der Waals surface area contributed by atoms with Crippen molar-refractivity contribution in [2.75, 3.05) is 0 Å². The monoisotopic (exact) mass is 238 g/mol. The molecule has 2 fully saturated rings. The number of alkyl halides is 1. The van der Waals surface area contributed by atoms with Gasteiger partial charge in [-0.1, -0.05) is 13.0 Å². The molecule has 0 unspecified atom stereocenters. The average molecular weight is 238 g/mol. The first-order valence-corrected chi connectivity index (χ1v) is 6.65. The van der Waals surface area contributed by atoms with Crippen molar-refractivity contribution in [1.82, 2.24) is 0 Å². The summed E-state index contributed by atoms with van der Waals surface area (Å²) >= 11 is 0. The highest BCUT2D eigenvalue weighted by Gasteiger charge is 2.51. The van der Waals surface area contributed by atoms with Crippen LogP contribution in [0.3, 0.4) is 0 Å². The van der Waals surface area contributed by atoms with E-state index >= 15 is 0 Å². The van der Waals surface area contributed by atoms with Gasteiger partial charge in [-0.15, -0.1) is 0 Å². The lowest BCUT2D eigenvalue weighted by Crippen LogP contribution is -2.39. The van der Waals surface area contributed by atoms with Gasteiger partial charge in [0.15, 0.2) is 0 Å². The van der Waals surface area contributed by atoms with Gasteiger partial charge in [0.1, 0.15) is 12.3 Å². The van der Waals surface area contributed by atoms with Crippen molar-refractivity contribution < 1.29 is 13.9 Å². The summed E-state index contributed by atoms with van der Waals surface area (Å²) in [6, 6.07) is 0. The largest absolute Gasteiger partial charge is 0.462 e. The number of hydrogen-bond donors (Lipinski definition) is 0. The van der Waals surface area contributed by atoms with Crippen LogP contribution in [-0.2, 0) is 9.53 Å². The lowest BCUT2D eigenvalue weighted by atomic mass is 9.63. The molecular weight excluding hydrogens is 219 g/mol. The molecule has 94 valence electrons. The summed E-state index contributed by atoms with van der Waals surface area (Å²) in [5.74, 6) is 0.596. The number of hydrogen-bond acceptors (Lipinski definition) is 2. The summed E-state index contributed by atoms with van der Waals surface area (Å²) in [6.45, 7) is 4.12. The van der Waals surface area contributed by atoms with E-state index in [0.29, 0.717) is 18.3 Å². The Morgan fingerprint density at radius 1 is 1.35 bits per heavy atom. The minimum atomic E-state index is -0.833. The second-order valence-electron chi connectivity index (χ2n) is 5.78. The van der Waals surface area contributed by atoms with E-state index in [9.17, 15) is 9.18 Å². The number of carbonyl (C=O) groups is 1. The van der Waals surface area contributed by atoms with Gasteiger partial charge >= 0.3 is 5.97 Å². The number of esters is 1. The highest BCUT2D eigenvalue weighted by atomic mass is 19.1. The Hall–Kier alpha value is -0.860. The lowest BCUT2D eigenvalue weighted by molar-refractivity contribution is -0.142. The molecule has 0 aromatic heterocycles. The third-order valence-corrected chi connectivity index (χ3v) is 4.91. The molecule has 1 aliphatic heterocycles. The van der Waals surface area contributed by atoms with Gasteiger partial charge in [-0.3, -0.25) is 4.79 Å². The maximum absolute atomic E-state index is 14.0. The Morgan fingerprint density at radius 2 is 2.12 bits per heavy atom. The molecule has 3 heteroatoms. The Labute approximate surface area is 101 Å². The first-order chi connectivity index (χ1) is 8.09. The molecule has 0 N–H and O–H groups in total. The third-order valence-electron chi connectivity index (χ3n) is 4.91. The van der Waals surface area contributed by atoms with Gasteiger partial charge in [0.05, 0.1) is 5.92 Å². The van der Waals surface area contributed by atoms with Crippen molar-refractivity contribution in [3.05, 3.63) is 11.6 Å². The van der Waals surface area contributed by atoms with E-state index in [-0.39, 0.29) is 23.9 Å². The van der Waals surface area contributed by atoms with Gasteiger partial charge < -0.3 is 4.74 Å². The second-order valence-corrected chi connectivity index (χ2v) is 5.78. The average Bonchev–Trinajstić information content (AvgIpc) is 2.57. The predicted octanol–water partition coefficient (Wildman–Crippen LogP) is 2.88. The minimum Gasteiger partial charge on any atom is -0.462 e. The van der Waals surface area contributed by atoms with Crippen LogP contribution in [-0.4, -0.2) is 18.2 Å². The third kappa shape index (κ3) is 1.54. The number of halogens is 1. The van der Waals surface area contributed by atoms with E-state index in [1.165, 1.54) is 0 Å². The molecule has 0 bridgehead atoms. The van der Waals surface area contributed by atoms with Crippen LogP contribution in [0.15, 0.2) is 11.6 Å². The Morgan fingerprint density at radius 3 is 2.88 bits per heavy atom. The van der Waals surface area contributed by atoms with E-state index in [2.05, 4.69) is 6.92 Å². The van der Waals surface area contributed by atoms with Gasteiger partial charge in [-0.25, -0.2) is 4.39 Å². The fraction of sp³-hybridized carbons (Fsp3) is 0.786. The van der Waals surface area contributed by atoms with Crippen LogP contribution in [0.5, 0.6) is 0 Å². The summed E-state index contributed by atoms with van der Waals surface area (Å²) < 4.78 is 19.3. The van der Waals surface area contributed by atoms with Gasteiger partial charge in [-0.05, 0) is 43.6 Å². The molecule has 1 heterocycles. The Balaban J connectivity index is 1.99. The fourth-order valence-corrected chi connectivity index (χ4v) is 4.08. The number of allylic oxidation sites excluding steroid dienone is 1. The normalized spacial score (nSPS) is 49.1. The van der Waals surface area contributed by atoms with Crippen LogP contribution in [0.4, 0.5) is 4.39 Å². The molecule has 3 aliphatic rings. The highest BCUT2D eigenvalue weighted by Crippen LogP contribution is 2.49. The summed E-state index contributed by atoms with van der Waals surface area (Å²) in [5.41, 5.74) is 0.885. The van der Waals surface area contributed by atoms with Crippen LogP contribution in [0, 0.1) is 23.7 Å². The molecule has 0 spiro atoms. The molecule has 0 aromatic rings. The van der Waals surface area contributed by atoms with E-state index in [1.54, 1.807) is 0 Å². The van der Waals surface area contributed by atoms with E-state index < -0.39 is 6.17 Å². The zero-order valence-electron chi connectivity index (χ0n) is 10.4. The van der Waals surface area contributed by atoms with Crippen molar-refractivity contribution in [2.45, 2.75) is 45.4 Å². The van der Waals surface area contributed by atoms with Crippen LogP contribution >= 0.6 is 0 Å². The molecule has 6 atom stereocenters. The van der Waals surface area contributed by atoms with E-state index in [0.717, 1.165) is 18.4 Å². The molecule has 2 aliphatic carbocycles. The highest BCUT2D eigenvalue weighted by molar-refractivity contribution is 5.78. The molecular formula is C14H19FO2. The zero-order valence-corrected chi connectivity index (χ0v) is 10.4. The van der Waals surface area contributed by atoms with Gasteiger partial charge in [0.25, 0.3) is 0 Å². The molecule has 0 amide bonds. The summed E-state index contributed by atoms with van der Waals surface area (Å²) in [5, 5.41) is 0. The van der Waals surface area contributed by atoms with Crippen LogP contribution in [0.25, 0.3) is 0 Å². The zero-order chi connectivity index (χ0) is 12.2. The predicted molar refractivity (Wildman–Crippen MR) is 62.0 cm³/mol. The van der Waals surface area contributed by atoms with Crippen LogP contribution < -0.4 is 0 Å². The first-order valence-electron chi connectivity index (χ1n) is 6.65. The number of carbonyl (C=O) groups excluding carboxylic acids is 1. The molecule has 1 saturated carbocycles. The topological polar surface area (TPSA) is 26.3 Å². The molecule has 0 radical (unpaired) electrons. The minimum absolute atomic E-state index is 0.0136. The maximum atomic E-state index is 14.0. The summed E-state index contributed by atoms with van der Waals surface area (Å²) in [6.07, 6.45) is 3.70. The van der Waals surface area contributed by atoms with E-state index in [1.807, 2.05) is 13.0 Å². The summed E-state index contributed by atoms with van der Waals surface area (Å²) in [7, 11) is 0. The van der Waals surface area contributed by atoms with Crippen molar-refractivity contribution >= 4 is 5.97 Å². The molecule has 1 saturated heterocycles. The lowest BCUT2D eigenvalue weighted by Gasteiger charge is -2.41.